The summed E-state index contributed by atoms with van der Waals surface area (Å²) in [6.45, 7) is 1.43. The number of nitrogens with one attached hydrogen (secondary N) is 1. The first kappa shape index (κ1) is 19.8. The summed E-state index contributed by atoms with van der Waals surface area (Å²) in [5.74, 6) is -2.72. The molecule has 1 saturated heterocycles. The number of piperidine rings is 1. The average molecular weight is 404 g/mol. The third-order valence-corrected chi connectivity index (χ3v) is 5.78. The van der Waals surface area contributed by atoms with E-state index in [0.717, 1.165) is 12.1 Å². The number of aliphatic hydroxyl groups excluding tert-OH is 1. The van der Waals surface area contributed by atoms with Gasteiger partial charge in [-0.3, -0.25) is 4.79 Å². The van der Waals surface area contributed by atoms with Gasteiger partial charge in [0.15, 0.2) is 11.6 Å². The molecule has 4 rings (SSSR count). The van der Waals surface area contributed by atoms with E-state index in [1.807, 2.05) is 4.90 Å². The molecule has 2 aliphatic rings. The van der Waals surface area contributed by atoms with Crippen LogP contribution in [0.2, 0.25) is 0 Å². The molecule has 2 atom stereocenters. The summed E-state index contributed by atoms with van der Waals surface area (Å²) in [6.07, 6.45) is 1.52. The van der Waals surface area contributed by atoms with Gasteiger partial charge in [0.25, 0.3) is 0 Å². The molecule has 1 aliphatic heterocycles. The Hall–Kier alpha value is -2.54. The fraction of sp³-hybridized carbons (Fsp3) is 0.409. The van der Waals surface area contributed by atoms with Crippen LogP contribution in [0, 0.1) is 23.4 Å². The van der Waals surface area contributed by atoms with Crippen molar-refractivity contribution in [2.24, 2.45) is 5.92 Å². The number of rotatable bonds is 5. The maximum Gasteiger partial charge on any atom is 0.224 e. The van der Waals surface area contributed by atoms with Gasteiger partial charge in [0, 0.05) is 25.6 Å². The molecule has 2 aromatic rings. The zero-order chi connectivity index (χ0) is 20.5. The van der Waals surface area contributed by atoms with E-state index in [4.69, 9.17) is 0 Å². The van der Waals surface area contributed by atoms with Crippen molar-refractivity contribution in [3.05, 3.63) is 65.0 Å². The van der Waals surface area contributed by atoms with Crippen molar-refractivity contribution in [3.63, 3.8) is 0 Å². The molecule has 0 unspecified atom stereocenters. The van der Waals surface area contributed by atoms with Crippen molar-refractivity contribution >= 4 is 11.6 Å². The lowest BCUT2D eigenvalue weighted by molar-refractivity contribution is -0.122. The van der Waals surface area contributed by atoms with Gasteiger partial charge in [0.2, 0.25) is 5.91 Å². The standard InChI is InChI=1S/C22H23F3N2O2/c23-18-3-2-14(10-19(18)24)16-11-17(16)22(29)26-12-13-1-4-21(20(25)9-13)27-7-5-15(28)6-8-27/h1-4,9-10,15-17,28H,5-8,11-12H2,(H,26,29)/t16-,17-/m1/s1. The first-order valence-corrected chi connectivity index (χ1v) is 9.86. The van der Waals surface area contributed by atoms with Crippen LogP contribution in [0.3, 0.4) is 0 Å². The van der Waals surface area contributed by atoms with Crippen LogP contribution in [0.4, 0.5) is 18.9 Å². The van der Waals surface area contributed by atoms with Crippen molar-refractivity contribution in [1.29, 1.82) is 0 Å². The lowest BCUT2D eigenvalue weighted by atomic mass is 10.1. The number of amides is 1. The molecule has 2 N–H and O–H groups in total. The van der Waals surface area contributed by atoms with Crippen molar-refractivity contribution in [2.75, 3.05) is 18.0 Å². The number of nitrogens with zero attached hydrogens (tertiary/aromatic N) is 1. The quantitative estimate of drug-likeness (QED) is 0.802. The molecular weight excluding hydrogens is 381 g/mol. The van der Waals surface area contributed by atoms with Gasteiger partial charge in [-0.2, -0.15) is 0 Å². The molecule has 29 heavy (non-hydrogen) atoms. The predicted octanol–water partition coefficient (Wildman–Crippen LogP) is 3.48. The topological polar surface area (TPSA) is 52.6 Å². The Balaban J connectivity index is 1.32. The average Bonchev–Trinajstić information content (AvgIpc) is 3.50. The maximum absolute atomic E-state index is 14.5. The third-order valence-electron chi connectivity index (χ3n) is 5.78. The lowest BCUT2D eigenvalue weighted by Crippen LogP contribution is -2.36. The Morgan fingerprint density at radius 1 is 1.03 bits per heavy atom. The zero-order valence-corrected chi connectivity index (χ0v) is 15.9. The summed E-state index contributed by atoms with van der Waals surface area (Å²) in [5.41, 5.74) is 1.78. The van der Waals surface area contributed by atoms with Crippen LogP contribution in [0.15, 0.2) is 36.4 Å². The zero-order valence-electron chi connectivity index (χ0n) is 15.9. The van der Waals surface area contributed by atoms with Crippen molar-refractivity contribution < 1.29 is 23.1 Å². The molecule has 0 spiro atoms. The van der Waals surface area contributed by atoms with Crippen LogP contribution in [0.5, 0.6) is 0 Å². The number of benzene rings is 2. The fourth-order valence-corrected chi connectivity index (χ4v) is 3.94. The number of halogens is 3. The molecule has 1 amide bonds. The lowest BCUT2D eigenvalue weighted by Gasteiger charge is -2.31. The van der Waals surface area contributed by atoms with E-state index in [-0.39, 0.29) is 36.2 Å². The highest BCUT2D eigenvalue weighted by Crippen LogP contribution is 2.47. The van der Waals surface area contributed by atoms with Gasteiger partial charge in [-0.05, 0) is 60.6 Å². The highest BCUT2D eigenvalue weighted by Gasteiger charge is 2.44. The molecule has 1 aliphatic carbocycles. The second-order valence-electron chi connectivity index (χ2n) is 7.84. The summed E-state index contributed by atoms with van der Waals surface area (Å²) < 4.78 is 40.9. The SMILES string of the molecule is O=C(NCc1ccc(N2CCC(O)CC2)c(F)c1)[C@@H]1C[C@@H]1c1ccc(F)c(F)c1. The molecule has 0 aromatic heterocycles. The summed E-state index contributed by atoms with van der Waals surface area (Å²) in [7, 11) is 0. The van der Waals surface area contributed by atoms with Crippen LogP contribution >= 0.6 is 0 Å². The number of aliphatic hydroxyl groups is 1. The summed E-state index contributed by atoms with van der Waals surface area (Å²) in [4.78, 5) is 14.3. The van der Waals surface area contributed by atoms with Gasteiger partial charge < -0.3 is 15.3 Å². The Morgan fingerprint density at radius 3 is 2.48 bits per heavy atom. The van der Waals surface area contributed by atoms with E-state index < -0.39 is 11.6 Å². The predicted molar refractivity (Wildman–Crippen MR) is 103 cm³/mol. The van der Waals surface area contributed by atoms with E-state index in [9.17, 15) is 23.1 Å². The first-order chi connectivity index (χ1) is 13.9. The van der Waals surface area contributed by atoms with Crippen LogP contribution in [0.25, 0.3) is 0 Å². The van der Waals surface area contributed by atoms with Crippen LogP contribution < -0.4 is 10.2 Å². The summed E-state index contributed by atoms with van der Waals surface area (Å²) in [5, 5.41) is 12.4. The second kappa shape index (κ2) is 8.06. The van der Waals surface area contributed by atoms with E-state index in [2.05, 4.69) is 5.32 Å². The molecule has 1 saturated carbocycles. The highest BCUT2D eigenvalue weighted by atomic mass is 19.2. The second-order valence-corrected chi connectivity index (χ2v) is 7.84. The molecule has 2 fully saturated rings. The number of carbonyl (C=O) groups excluding carboxylic acids is 1. The summed E-state index contributed by atoms with van der Waals surface area (Å²) >= 11 is 0. The van der Waals surface area contributed by atoms with Crippen molar-refractivity contribution in [2.45, 2.75) is 37.8 Å². The largest absolute Gasteiger partial charge is 0.393 e. The Morgan fingerprint density at radius 2 is 1.79 bits per heavy atom. The number of carbonyl (C=O) groups is 1. The molecule has 4 nitrogen and oxygen atoms in total. The number of hydrogen-bond donors (Lipinski definition) is 2. The van der Waals surface area contributed by atoms with Gasteiger partial charge in [-0.15, -0.1) is 0 Å². The minimum Gasteiger partial charge on any atom is -0.393 e. The van der Waals surface area contributed by atoms with Crippen LogP contribution in [-0.4, -0.2) is 30.2 Å². The smallest absolute Gasteiger partial charge is 0.224 e. The molecule has 1 heterocycles. The van der Waals surface area contributed by atoms with E-state index in [1.54, 1.807) is 12.1 Å². The number of anilines is 1. The van der Waals surface area contributed by atoms with Gasteiger partial charge in [0.05, 0.1) is 11.8 Å². The van der Waals surface area contributed by atoms with E-state index in [1.165, 1.54) is 12.1 Å². The Labute approximate surface area is 167 Å². The van der Waals surface area contributed by atoms with E-state index in [0.29, 0.717) is 49.2 Å². The first-order valence-electron chi connectivity index (χ1n) is 9.86. The van der Waals surface area contributed by atoms with E-state index >= 15 is 0 Å². The van der Waals surface area contributed by atoms with Crippen LogP contribution in [0.1, 0.15) is 36.3 Å². The molecule has 0 bridgehead atoms. The molecule has 2 aromatic carbocycles. The molecule has 154 valence electrons. The minimum atomic E-state index is -0.910. The fourth-order valence-electron chi connectivity index (χ4n) is 3.94. The summed E-state index contributed by atoms with van der Waals surface area (Å²) in [6, 6.07) is 8.62. The Bertz CT molecular complexity index is 913. The van der Waals surface area contributed by atoms with Crippen molar-refractivity contribution in [1.82, 2.24) is 5.32 Å². The van der Waals surface area contributed by atoms with Gasteiger partial charge >= 0.3 is 0 Å². The van der Waals surface area contributed by atoms with Crippen LogP contribution in [-0.2, 0) is 11.3 Å². The maximum atomic E-state index is 14.5. The van der Waals surface area contributed by atoms with Gasteiger partial charge in [0.1, 0.15) is 5.82 Å². The molecule has 0 radical (unpaired) electrons. The van der Waals surface area contributed by atoms with Crippen molar-refractivity contribution in [3.8, 4) is 0 Å². The Kier molecular flexibility index (Phi) is 5.50. The van der Waals surface area contributed by atoms with Gasteiger partial charge in [-0.1, -0.05) is 12.1 Å². The highest BCUT2D eigenvalue weighted by molar-refractivity contribution is 5.82. The monoisotopic (exact) mass is 404 g/mol. The number of hydrogen-bond acceptors (Lipinski definition) is 3. The molecular formula is C22H23F3N2O2. The molecule has 7 heteroatoms. The minimum absolute atomic E-state index is 0.112. The normalized spacial score (nSPS) is 21.9. The third kappa shape index (κ3) is 4.40. The van der Waals surface area contributed by atoms with Gasteiger partial charge in [-0.25, -0.2) is 13.2 Å².